The average Bonchev–Trinajstić information content (AvgIpc) is 3.48. The van der Waals surface area contributed by atoms with Crippen molar-refractivity contribution in [2.75, 3.05) is 46.9 Å². The van der Waals surface area contributed by atoms with Crippen LogP contribution in [0.4, 0.5) is 4.39 Å². The van der Waals surface area contributed by atoms with Gasteiger partial charge in [-0.15, -0.1) is 24.0 Å². The van der Waals surface area contributed by atoms with Crippen LogP contribution in [0.3, 0.4) is 0 Å². The van der Waals surface area contributed by atoms with E-state index in [1.54, 1.807) is 26.3 Å². The molecule has 7 heteroatoms. The molecular formula is C21H34FIN4O. The van der Waals surface area contributed by atoms with E-state index in [-0.39, 0.29) is 35.2 Å². The number of methoxy groups -OCH3 is 1. The largest absolute Gasteiger partial charge is 0.385 e. The van der Waals surface area contributed by atoms with Crippen molar-refractivity contribution in [3.8, 4) is 0 Å². The lowest BCUT2D eigenvalue weighted by Crippen LogP contribution is -2.50. The topological polar surface area (TPSA) is 48.9 Å². The summed E-state index contributed by atoms with van der Waals surface area (Å²) in [6.07, 6.45) is 5.38. The molecule has 1 saturated carbocycles. The van der Waals surface area contributed by atoms with Gasteiger partial charge in [-0.2, -0.15) is 0 Å². The first kappa shape index (κ1) is 23.3. The maximum absolute atomic E-state index is 14.2. The normalized spacial score (nSPS) is 19.8. The molecule has 28 heavy (non-hydrogen) atoms. The zero-order valence-electron chi connectivity index (χ0n) is 17.0. The number of nitrogens with one attached hydrogen (secondary N) is 2. The van der Waals surface area contributed by atoms with Crippen LogP contribution in [0.5, 0.6) is 0 Å². The van der Waals surface area contributed by atoms with Crippen molar-refractivity contribution in [3.05, 3.63) is 35.6 Å². The molecule has 2 N–H and O–H groups in total. The Morgan fingerprint density at radius 2 is 2.00 bits per heavy atom. The summed E-state index contributed by atoms with van der Waals surface area (Å²) in [6.45, 7) is 4.88. The van der Waals surface area contributed by atoms with E-state index >= 15 is 0 Å². The number of ether oxygens (including phenoxy) is 1. The Bertz CT molecular complexity index is 631. The predicted octanol–water partition coefficient (Wildman–Crippen LogP) is 3.14. The van der Waals surface area contributed by atoms with Crippen molar-refractivity contribution in [1.82, 2.24) is 15.5 Å². The third-order valence-corrected chi connectivity index (χ3v) is 5.87. The third-order valence-electron chi connectivity index (χ3n) is 5.87. The van der Waals surface area contributed by atoms with Gasteiger partial charge in [0.2, 0.25) is 0 Å². The second-order valence-electron chi connectivity index (χ2n) is 7.79. The molecule has 5 nitrogen and oxygen atoms in total. The Kier molecular flexibility index (Phi) is 9.43. The van der Waals surface area contributed by atoms with Gasteiger partial charge in [-0.1, -0.05) is 18.2 Å². The Morgan fingerprint density at radius 1 is 1.29 bits per heavy atom. The van der Waals surface area contributed by atoms with E-state index in [0.717, 1.165) is 76.4 Å². The van der Waals surface area contributed by atoms with Gasteiger partial charge in [-0.25, -0.2) is 4.39 Å². The predicted molar refractivity (Wildman–Crippen MR) is 123 cm³/mol. The summed E-state index contributed by atoms with van der Waals surface area (Å²) >= 11 is 0. The Hall–Kier alpha value is -0.930. The summed E-state index contributed by atoms with van der Waals surface area (Å²) in [7, 11) is 3.56. The van der Waals surface area contributed by atoms with Gasteiger partial charge in [0.15, 0.2) is 5.96 Å². The minimum absolute atomic E-state index is 0. The molecular weight excluding hydrogens is 470 g/mol. The molecule has 2 aliphatic rings. The van der Waals surface area contributed by atoms with Crippen molar-refractivity contribution in [1.29, 1.82) is 0 Å². The zero-order chi connectivity index (χ0) is 19.1. The first-order chi connectivity index (χ1) is 13.2. The van der Waals surface area contributed by atoms with Gasteiger partial charge >= 0.3 is 0 Å². The lowest BCUT2D eigenvalue weighted by Gasteiger charge is -2.33. The highest BCUT2D eigenvalue weighted by atomic mass is 127. The fraction of sp³-hybridized carbons (Fsp3) is 0.667. The number of likely N-dealkylation sites (tertiary alicyclic amines) is 1. The molecule has 1 aromatic rings. The van der Waals surface area contributed by atoms with Crippen molar-refractivity contribution >= 4 is 29.9 Å². The molecule has 0 bridgehead atoms. The number of aliphatic imine (C=N–C) groups is 1. The van der Waals surface area contributed by atoms with E-state index in [1.807, 2.05) is 12.1 Å². The van der Waals surface area contributed by atoms with Crippen LogP contribution < -0.4 is 10.6 Å². The van der Waals surface area contributed by atoms with Crippen LogP contribution in [0.2, 0.25) is 0 Å². The van der Waals surface area contributed by atoms with Crippen molar-refractivity contribution in [2.24, 2.45) is 4.99 Å². The number of guanidine groups is 1. The monoisotopic (exact) mass is 504 g/mol. The summed E-state index contributed by atoms with van der Waals surface area (Å²) in [4.78, 5) is 6.88. The summed E-state index contributed by atoms with van der Waals surface area (Å²) in [5.74, 6) is 0.732. The van der Waals surface area contributed by atoms with Crippen molar-refractivity contribution in [2.45, 2.75) is 43.6 Å². The molecule has 2 fully saturated rings. The Morgan fingerprint density at radius 3 is 2.61 bits per heavy atom. The van der Waals surface area contributed by atoms with Crippen LogP contribution in [-0.4, -0.2) is 63.8 Å². The standard InChI is InChI=1S/C21H33FN4O.HI/c1-23-20(25-17-8-13-26(14-9-17)12-5-15-27-2)24-16-21(10-11-21)18-6-3-4-7-19(18)22;/h3-4,6-7,17H,5,8-16H2,1-2H3,(H2,23,24,25);1H. The number of piperidine rings is 1. The first-order valence-corrected chi connectivity index (χ1v) is 10.1. The second kappa shape index (κ2) is 11.3. The van der Waals surface area contributed by atoms with E-state index in [4.69, 9.17) is 4.74 Å². The summed E-state index contributed by atoms with van der Waals surface area (Å²) in [6, 6.07) is 7.59. The van der Waals surface area contributed by atoms with Crippen LogP contribution >= 0.6 is 24.0 Å². The summed E-state index contributed by atoms with van der Waals surface area (Å²) in [5.41, 5.74) is 0.755. The fourth-order valence-electron chi connectivity index (χ4n) is 3.96. The number of halogens is 2. The highest BCUT2D eigenvalue weighted by molar-refractivity contribution is 14.0. The number of rotatable bonds is 8. The number of hydrogen-bond acceptors (Lipinski definition) is 3. The highest BCUT2D eigenvalue weighted by Crippen LogP contribution is 2.48. The summed E-state index contributed by atoms with van der Waals surface area (Å²) in [5, 5.41) is 6.99. The maximum atomic E-state index is 14.2. The van der Waals surface area contributed by atoms with Crippen LogP contribution in [0.25, 0.3) is 0 Å². The Balaban J connectivity index is 0.00000280. The SMILES string of the molecule is CN=C(NCC1(c2ccccc2F)CC1)NC1CCN(CCCOC)CC1.I. The van der Waals surface area contributed by atoms with Gasteiger partial charge in [0.1, 0.15) is 5.82 Å². The third kappa shape index (κ3) is 6.29. The van der Waals surface area contributed by atoms with E-state index in [2.05, 4.69) is 20.5 Å². The van der Waals surface area contributed by atoms with E-state index in [1.165, 1.54) is 0 Å². The molecule has 158 valence electrons. The average molecular weight is 504 g/mol. The lowest BCUT2D eigenvalue weighted by atomic mass is 9.95. The molecule has 0 radical (unpaired) electrons. The molecule has 0 atom stereocenters. The van der Waals surface area contributed by atoms with Crippen LogP contribution in [0.1, 0.15) is 37.7 Å². The molecule has 1 saturated heterocycles. The minimum Gasteiger partial charge on any atom is -0.385 e. The molecule has 1 aliphatic carbocycles. The van der Waals surface area contributed by atoms with Crippen molar-refractivity contribution in [3.63, 3.8) is 0 Å². The fourth-order valence-corrected chi connectivity index (χ4v) is 3.96. The minimum atomic E-state index is -0.0967. The van der Waals surface area contributed by atoms with Gasteiger partial charge < -0.3 is 20.3 Å². The molecule has 1 aromatic carbocycles. The van der Waals surface area contributed by atoms with E-state index in [9.17, 15) is 4.39 Å². The van der Waals surface area contributed by atoms with Crippen LogP contribution in [0.15, 0.2) is 29.3 Å². The van der Waals surface area contributed by atoms with E-state index in [0.29, 0.717) is 6.04 Å². The Labute approximate surface area is 185 Å². The van der Waals surface area contributed by atoms with Gasteiger partial charge in [0.05, 0.1) is 0 Å². The number of nitrogens with zero attached hydrogens (tertiary/aromatic N) is 2. The van der Waals surface area contributed by atoms with Gasteiger partial charge in [0, 0.05) is 58.4 Å². The molecule has 1 heterocycles. The van der Waals surface area contributed by atoms with Crippen molar-refractivity contribution < 1.29 is 9.13 Å². The van der Waals surface area contributed by atoms with Crippen LogP contribution in [-0.2, 0) is 10.2 Å². The quantitative estimate of drug-likeness (QED) is 0.247. The number of benzene rings is 1. The summed E-state index contributed by atoms with van der Waals surface area (Å²) < 4.78 is 19.3. The molecule has 1 aliphatic heterocycles. The zero-order valence-corrected chi connectivity index (χ0v) is 19.4. The first-order valence-electron chi connectivity index (χ1n) is 10.1. The van der Waals surface area contributed by atoms with Gasteiger partial charge in [-0.3, -0.25) is 4.99 Å². The molecule has 0 amide bonds. The number of hydrogen-bond donors (Lipinski definition) is 2. The van der Waals surface area contributed by atoms with Crippen LogP contribution in [0, 0.1) is 5.82 Å². The molecule has 3 rings (SSSR count). The van der Waals surface area contributed by atoms with Gasteiger partial charge in [-0.05, 0) is 43.7 Å². The smallest absolute Gasteiger partial charge is 0.191 e. The maximum Gasteiger partial charge on any atom is 0.191 e. The van der Waals surface area contributed by atoms with Gasteiger partial charge in [0.25, 0.3) is 0 Å². The molecule has 0 spiro atoms. The lowest BCUT2D eigenvalue weighted by molar-refractivity contribution is 0.155. The van der Waals surface area contributed by atoms with E-state index < -0.39 is 0 Å². The molecule has 0 unspecified atom stereocenters. The second-order valence-corrected chi connectivity index (χ2v) is 7.79. The molecule has 0 aromatic heterocycles. The highest BCUT2D eigenvalue weighted by Gasteiger charge is 2.45.